The first kappa shape index (κ1) is 8.96. The van der Waals surface area contributed by atoms with Crippen molar-refractivity contribution in [3.63, 3.8) is 0 Å². The molecule has 0 unspecified atom stereocenters. The van der Waals surface area contributed by atoms with Crippen molar-refractivity contribution < 1.29 is 0 Å². The molecule has 70 valence electrons. The summed E-state index contributed by atoms with van der Waals surface area (Å²) in [4.78, 5) is 8.11. The van der Waals surface area contributed by atoms with Crippen molar-refractivity contribution in [1.29, 1.82) is 0 Å². The third kappa shape index (κ3) is 2.43. The van der Waals surface area contributed by atoms with E-state index in [-0.39, 0.29) is 0 Å². The molecule has 0 bridgehead atoms. The van der Waals surface area contributed by atoms with Crippen molar-refractivity contribution in [2.24, 2.45) is 10.2 Å². The first-order valence-electron chi connectivity index (χ1n) is 4.12. The zero-order valence-corrected chi connectivity index (χ0v) is 8.18. The molecule has 0 aliphatic heterocycles. The summed E-state index contributed by atoms with van der Waals surface area (Å²) in [7, 11) is 0. The van der Waals surface area contributed by atoms with E-state index < -0.39 is 0 Å². The number of hydrogen-bond acceptors (Lipinski definition) is 5. The minimum absolute atomic E-state index is 0.500. The molecule has 0 aliphatic rings. The van der Waals surface area contributed by atoms with E-state index in [1.165, 1.54) is 11.3 Å². The Bertz CT molecular complexity index is 396. The van der Waals surface area contributed by atoms with Crippen LogP contribution in [0.4, 0.5) is 5.13 Å². The fourth-order valence-electron chi connectivity index (χ4n) is 0.925. The van der Waals surface area contributed by atoms with Gasteiger partial charge in [0.15, 0.2) is 0 Å². The van der Waals surface area contributed by atoms with Crippen LogP contribution in [0, 0.1) is 0 Å². The summed E-state index contributed by atoms with van der Waals surface area (Å²) in [5, 5.41) is 10.5. The van der Waals surface area contributed by atoms with Gasteiger partial charge in [0.2, 0.25) is 5.13 Å². The summed E-state index contributed by atoms with van der Waals surface area (Å²) in [5.41, 5.74) is 0.910. The van der Waals surface area contributed by atoms with E-state index >= 15 is 0 Å². The maximum Gasteiger partial charge on any atom is 0.229 e. The van der Waals surface area contributed by atoms with Crippen LogP contribution in [0.3, 0.4) is 0 Å². The minimum Gasteiger partial charge on any atom is -0.259 e. The van der Waals surface area contributed by atoms with Crippen molar-refractivity contribution >= 4 is 16.5 Å². The van der Waals surface area contributed by atoms with Crippen LogP contribution in [-0.2, 0) is 6.54 Å². The average Bonchev–Trinajstić information content (AvgIpc) is 2.72. The van der Waals surface area contributed by atoms with Gasteiger partial charge in [-0.25, -0.2) is 4.98 Å². The Balaban J connectivity index is 1.95. The molecule has 0 aliphatic carbocycles. The second-order valence-corrected chi connectivity index (χ2v) is 3.41. The number of nitrogens with zero attached hydrogens (tertiary/aromatic N) is 4. The lowest BCUT2D eigenvalue weighted by Gasteiger charge is -1.91. The van der Waals surface area contributed by atoms with Gasteiger partial charge in [-0.15, -0.1) is 16.5 Å². The Morgan fingerprint density at radius 3 is 2.93 bits per heavy atom. The van der Waals surface area contributed by atoms with E-state index in [2.05, 4.69) is 20.2 Å². The number of thiazole rings is 1. The smallest absolute Gasteiger partial charge is 0.229 e. The Kier molecular flexibility index (Phi) is 2.92. The Labute approximate surface area is 85.4 Å². The average molecular weight is 204 g/mol. The zero-order chi connectivity index (χ0) is 9.64. The summed E-state index contributed by atoms with van der Waals surface area (Å²) < 4.78 is 0. The maximum atomic E-state index is 4.13. The van der Waals surface area contributed by atoms with E-state index in [1.807, 2.05) is 23.6 Å². The highest BCUT2D eigenvalue weighted by molar-refractivity contribution is 7.13. The van der Waals surface area contributed by atoms with E-state index in [0.29, 0.717) is 11.7 Å². The molecular weight excluding hydrogens is 196 g/mol. The quantitative estimate of drug-likeness (QED) is 0.722. The second-order valence-electron chi connectivity index (χ2n) is 2.54. The molecule has 2 aromatic heterocycles. The van der Waals surface area contributed by atoms with Gasteiger partial charge in [0.1, 0.15) is 6.54 Å². The predicted molar refractivity (Wildman–Crippen MR) is 54.6 cm³/mol. The molecule has 0 radical (unpaired) electrons. The highest BCUT2D eigenvalue weighted by Crippen LogP contribution is 2.15. The first-order valence-corrected chi connectivity index (χ1v) is 5.00. The van der Waals surface area contributed by atoms with Gasteiger partial charge >= 0.3 is 0 Å². The summed E-state index contributed by atoms with van der Waals surface area (Å²) in [6, 6.07) is 5.73. The van der Waals surface area contributed by atoms with E-state index in [0.717, 1.165) is 5.69 Å². The molecule has 2 heterocycles. The SMILES string of the molecule is c1ccc(CN=Nc2nccs2)nc1. The largest absolute Gasteiger partial charge is 0.259 e. The molecule has 0 amide bonds. The summed E-state index contributed by atoms with van der Waals surface area (Å²) in [5.74, 6) is 0. The minimum atomic E-state index is 0.500. The topological polar surface area (TPSA) is 50.5 Å². The number of pyridine rings is 1. The second kappa shape index (κ2) is 4.57. The van der Waals surface area contributed by atoms with Gasteiger partial charge in [-0.05, 0) is 12.1 Å². The lowest BCUT2D eigenvalue weighted by atomic mass is 10.4. The van der Waals surface area contributed by atoms with Gasteiger partial charge in [-0.2, -0.15) is 5.11 Å². The van der Waals surface area contributed by atoms with Crippen LogP contribution >= 0.6 is 11.3 Å². The van der Waals surface area contributed by atoms with Crippen LogP contribution in [0.5, 0.6) is 0 Å². The van der Waals surface area contributed by atoms with Gasteiger partial charge in [-0.3, -0.25) is 4.98 Å². The van der Waals surface area contributed by atoms with E-state index in [9.17, 15) is 0 Å². The fourth-order valence-corrected chi connectivity index (χ4v) is 1.40. The van der Waals surface area contributed by atoms with Gasteiger partial charge in [0.25, 0.3) is 0 Å². The molecule has 0 spiro atoms. The van der Waals surface area contributed by atoms with Crippen molar-refractivity contribution in [3.05, 3.63) is 41.7 Å². The normalized spacial score (nSPS) is 10.9. The molecule has 0 atom stereocenters. The lowest BCUT2D eigenvalue weighted by Crippen LogP contribution is -1.83. The Morgan fingerprint density at radius 2 is 2.21 bits per heavy atom. The molecule has 0 saturated carbocycles. The molecule has 0 fully saturated rings. The summed E-state index contributed by atoms with van der Waals surface area (Å²) >= 11 is 1.47. The summed E-state index contributed by atoms with van der Waals surface area (Å²) in [6.45, 7) is 0.500. The highest BCUT2D eigenvalue weighted by Gasteiger charge is 1.91. The molecule has 4 nitrogen and oxygen atoms in total. The Morgan fingerprint density at radius 1 is 1.21 bits per heavy atom. The van der Waals surface area contributed by atoms with Crippen molar-refractivity contribution in [2.45, 2.75) is 6.54 Å². The predicted octanol–water partition coefficient (Wildman–Crippen LogP) is 2.82. The van der Waals surface area contributed by atoms with Crippen LogP contribution in [0.25, 0.3) is 0 Å². The molecular formula is C9H8N4S. The molecule has 0 aromatic carbocycles. The van der Waals surface area contributed by atoms with Gasteiger partial charge in [0.05, 0.1) is 5.69 Å². The number of aromatic nitrogens is 2. The molecule has 5 heteroatoms. The van der Waals surface area contributed by atoms with Crippen LogP contribution in [0.1, 0.15) is 5.69 Å². The van der Waals surface area contributed by atoms with Gasteiger partial charge in [0, 0.05) is 17.8 Å². The first-order chi connectivity index (χ1) is 6.95. The standard InChI is InChI=1S/C9H8N4S/c1-2-4-10-8(3-1)7-12-13-9-11-5-6-14-9/h1-6H,7H2. The third-order valence-corrected chi connectivity index (χ3v) is 2.19. The lowest BCUT2D eigenvalue weighted by molar-refractivity contribution is 0.912. The number of rotatable bonds is 3. The zero-order valence-electron chi connectivity index (χ0n) is 7.37. The van der Waals surface area contributed by atoms with Crippen LogP contribution < -0.4 is 0 Å². The van der Waals surface area contributed by atoms with Crippen molar-refractivity contribution in [2.75, 3.05) is 0 Å². The monoisotopic (exact) mass is 204 g/mol. The fraction of sp³-hybridized carbons (Fsp3) is 0.111. The number of hydrogen-bond donors (Lipinski definition) is 0. The molecule has 2 aromatic rings. The third-order valence-electron chi connectivity index (χ3n) is 1.53. The molecule has 0 N–H and O–H groups in total. The highest BCUT2D eigenvalue weighted by atomic mass is 32.1. The number of azo groups is 1. The molecule has 0 saturated heterocycles. The molecule has 14 heavy (non-hydrogen) atoms. The van der Waals surface area contributed by atoms with Crippen molar-refractivity contribution in [3.8, 4) is 0 Å². The summed E-state index contributed by atoms with van der Waals surface area (Å²) in [6.07, 6.45) is 3.45. The maximum absolute atomic E-state index is 4.13. The van der Waals surface area contributed by atoms with Crippen molar-refractivity contribution in [1.82, 2.24) is 9.97 Å². The van der Waals surface area contributed by atoms with E-state index in [4.69, 9.17) is 0 Å². The van der Waals surface area contributed by atoms with Crippen LogP contribution in [-0.4, -0.2) is 9.97 Å². The van der Waals surface area contributed by atoms with Gasteiger partial charge in [-0.1, -0.05) is 6.07 Å². The van der Waals surface area contributed by atoms with Crippen LogP contribution in [0.2, 0.25) is 0 Å². The van der Waals surface area contributed by atoms with E-state index in [1.54, 1.807) is 12.4 Å². The van der Waals surface area contributed by atoms with Crippen LogP contribution in [0.15, 0.2) is 46.2 Å². The van der Waals surface area contributed by atoms with Gasteiger partial charge < -0.3 is 0 Å². The Hall–Kier alpha value is -1.62. The molecule has 2 rings (SSSR count).